The Hall–Kier alpha value is -3.97. The molecular formula is C28H25N3O3S. The number of furan rings is 1. The number of thiocarbonyl (C=S) groups is 1. The molecule has 1 N–H and O–H groups in total. The molecule has 0 amide bonds. The van der Waals surface area contributed by atoms with E-state index in [0.29, 0.717) is 27.8 Å². The molecule has 5 rings (SSSR count). The monoisotopic (exact) mass is 483 g/mol. The third-order valence-electron chi connectivity index (χ3n) is 6.24. The van der Waals surface area contributed by atoms with Crippen LogP contribution < -0.4 is 10.2 Å². The van der Waals surface area contributed by atoms with Crippen LogP contribution in [-0.2, 0) is 11.2 Å². The number of rotatable bonds is 6. The zero-order valence-corrected chi connectivity index (χ0v) is 20.3. The third kappa shape index (κ3) is 4.31. The quantitative estimate of drug-likeness (QED) is 0.272. The van der Waals surface area contributed by atoms with E-state index < -0.39 is 5.97 Å². The first-order chi connectivity index (χ1) is 17.1. The van der Waals surface area contributed by atoms with Crippen LogP contribution in [0.1, 0.15) is 46.4 Å². The van der Waals surface area contributed by atoms with Crippen molar-refractivity contribution in [3.05, 3.63) is 108 Å². The van der Waals surface area contributed by atoms with E-state index >= 15 is 0 Å². The molecule has 2 aromatic carbocycles. The van der Waals surface area contributed by atoms with Gasteiger partial charge in [0.1, 0.15) is 17.6 Å². The molecule has 0 saturated carbocycles. The normalized spacial score (nSPS) is 17.3. The predicted octanol–water partition coefficient (Wildman–Crippen LogP) is 5.87. The third-order valence-corrected chi connectivity index (χ3v) is 6.55. The maximum Gasteiger partial charge on any atom is 0.338 e. The van der Waals surface area contributed by atoms with Gasteiger partial charge in [0.2, 0.25) is 0 Å². The van der Waals surface area contributed by atoms with Gasteiger partial charge in [0.05, 0.1) is 24.4 Å². The fourth-order valence-electron chi connectivity index (χ4n) is 4.46. The van der Waals surface area contributed by atoms with Crippen LogP contribution in [0.25, 0.3) is 11.3 Å². The average molecular weight is 484 g/mol. The summed E-state index contributed by atoms with van der Waals surface area (Å²) in [4.78, 5) is 19.0. The van der Waals surface area contributed by atoms with Crippen LogP contribution in [-0.4, -0.2) is 23.2 Å². The molecular weight excluding hydrogens is 458 g/mol. The van der Waals surface area contributed by atoms with Gasteiger partial charge in [0.15, 0.2) is 5.11 Å². The molecule has 3 heterocycles. The van der Waals surface area contributed by atoms with Gasteiger partial charge in [-0.2, -0.15) is 0 Å². The number of nitrogens with zero attached hydrogens (tertiary/aromatic N) is 2. The summed E-state index contributed by atoms with van der Waals surface area (Å²) in [7, 11) is 1.37. The Bertz CT molecular complexity index is 1350. The van der Waals surface area contributed by atoms with Crippen molar-refractivity contribution in [1.82, 2.24) is 10.3 Å². The molecule has 2 aromatic heterocycles. The second kappa shape index (κ2) is 9.72. The SMILES string of the molecule is CCc1ccc(N2C(=S)N[C@@H](c3ccccn3)[C@@H]2c2ccc(-c3ccccc3C(=O)OC)o2)cc1. The molecule has 0 unspecified atom stereocenters. The number of aromatic nitrogens is 1. The first kappa shape index (κ1) is 22.8. The molecule has 0 spiro atoms. The van der Waals surface area contributed by atoms with E-state index in [-0.39, 0.29) is 12.1 Å². The number of esters is 1. The number of hydrogen-bond acceptors (Lipinski definition) is 5. The Morgan fingerprint density at radius 1 is 1.06 bits per heavy atom. The summed E-state index contributed by atoms with van der Waals surface area (Å²) in [6.07, 6.45) is 2.74. The number of benzene rings is 2. The van der Waals surface area contributed by atoms with Gasteiger partial charge in [-0.3, -0.25) is 4.98 Å². The number of carbonyl (C=O) groups excluding carboxylic acids is 1. The maximum absolute atomic E-state index is 12.3. The highest BCUT2D eigenvalue weighted by Gasteiger charge is 2.42. The highest BCUT2D eigenvalue weighted by molar-refractivity contribution is 7.80. The van der Waals surface area contributed by atoms with Gasteiger partial charge in [-0.15, -0.1) is 0 Å². The van der Waals surface area contributed by atoms with E-state index in [0.717, 1.165) is 17.8 Å². The minimum atomic E-state index is -0.411. The lowest BCUT2D eigenvalue weighted by Gasteiger charge is -2.26. The molecule has 0 bridgehead atoms. The van der Waals surface area contributed by atoms with Crippen LogP contribution in [0.4, 0.5) is 5.69 Å². The standard InChI is InChI=1S/C28H25N3O3S/c1-3-18-11-13-19(14-12-18)31-26(25(30-28(31)35)22-10-6-7-17-29-22)24-16-15-23(34-24)20-8-4-5-9-21(20)27(32)33-2/h4-17,25-26H,3H2,1-2H3,(H,30,35)/t25-,26-/m0/s1. The van der Waals surface area contributed by atoms with Gasteiger partial charge in [0.25, 0.3) is 0 Å². The molecule has 0 radical (unpaired) electrons. The van der Waals surface area contributed by atoms with Crippen molar-refractivity contribution in [2.24, 2.45) is 0 Å². The Labute approximate surface area is 209 Å². The average Bonchev–Trinajstić information content (AvgIpc) is 3.53. The largest absolute Gasteiger partial charge is 0.465 e. The first-order valence-electron chi connectivity index (χ1n) is 11.5. The number of pyridine rings is 1. The molecule has 6 nitrogen and oxygen atoms in total. The lowest BCUT2D eigenvalue weighted by molar-refractivity contribution is 0.0601. The van der Waals surface area contributed by atoms with Crippen LogP contribution in [0.5, 0.6) is 0 Å². The van der Waals surface area contributed by atoms with Crippen molar-refractivity contribution in [3.8, 4) is 11.3 Å². The molecule has 1 saturated heterocycles. The van der Waals surface area contributed by atoms with E-state index in [2.05, 4.69) is 46.4 Å². The second-order valence-electron chi connectivity index (χ2n) is 8.26. The van der Waals surface area contributed by atoms with Crippen molar-refractivity contribution >= 4 is 29.0 Å². The highest BCUT2D eigenvalue weighted by atomic mass is 32.1. The number of hydrogen-bond donors (Lipinski definition) is 1. The lowest BCUT2D eigenvalue weighted by atomic mass is 10.0. The summed E-state index contributed by atoms with van der Waals surface area (Å²) in [5.41, 5.74) is 4.21. The summed E-state index contributed by atoms with van der Waals surface area (Å²) in [5, 5.41) is 4.04. The molecule has 1 aliphatic rings. The highest BCUT2D eigenvalue weighted by Crippen LogP contribution is 2.43. The van der Waals surface area contributed by atoms with E-state index in [1.165, 1.54) is 12.7 Å². The van der Waals surface area contributed by atoms with Gasteiger partial charge in [0, 0.05) is 17.4 Å². The minimum absolute atomic E-state index is 0.218. The van der Waals surface area contributed by atoms with Crippen LogP contribution in [0.15, 0.2) is 89.5 Å². The first-order valence-corrected chi connectivity index (χ1v) is 11.9. The van der Waals surface area contributed by atoms with Crippen molar-refractivity contribution in [1.29, 1.82) is 0 Å². The van der Waals surface area contributed by atoms with Gasteiger partial charge < -0.3 is 19.4 Å². The molecule has 4 aromatic rings. The number of ether oxygens (including phenoxy) is 1. The molecule has 35 heavy (non-hydrogen) atoms. The summed E-state index contributed by atoms with van der Waals surface area (Å²) < 4.78 is 11.4. The Morgan fingerprint density at radius 2 is 1.83 bits per heavy atom. The summed E-state index contributed by atoms with van der Waals surface area (Å²) in [6, 6.07) is 24.8. The van der Waals surface area contributed by atoms with Crippen LogP contribution in [0.3, 0.4) is 0 Å². The fraction of sp³-hybridized carbons (Fsp3) is 0.179. The summed E-state index contributed by atoms with van der Waals surface area (Å²) in [5.74, 6) is 0.883. The van der Waals surface area contributed by atoms with Crippen LogP contribution in [0, 0.1) is 0 Å². The van der Waals surface area contributed by atoms with Crippen LogP contribution in [0.2, 0.25) is 0 Å². The predicted molar refractivity (Wildman–Crippen MR) is 139 cm³/mol. The smallest absolute Gasteiger partial charge is 0.338 e. The van der Waals surface area contributed by atoms with E-state index in [4.69, 9.17) is 21.4 Å². The molecule has 7 heteroatoms. The number of aryl methyl sites for hydroxylation is 1. The van der Waals surface area contributed by atoms with E-state index in [9.17, 15) is 4.79 Å². The summed E-state index contributed by atoms with van der Waals surface area (Å²) >= 11 is 5.79. The van der Waals surface area contributed by atoms with Gasteiger partial charge in [-0.1, -0.05) is 43.3 Å². The second-order valence-corrected chi connectivity index (χ2v) is 8.64. The zero-order valence-electron chi connectivity index (χ0n) is 19.5. The van der Waals surface area contributed by atoms with Gasteiger partial charge in [-0.05, 0) is 66.7 Å². The van der Waals surface area contributed by atoms with Gasteiger partial charge in [-0.25, -0.2) is 4.79 Å². The van der Waals surface area contributed by atoms with Crippen molar-refractivity contribution in [2.45, 2.75) is 25.4 Å². The molecule has 0 aliphatic carbocycles. The van der Waals surface area contributed by atoms with Crippen molar-refractivity contribution in [3.63, 3.8) is 0 Å². The fourth-order valence-corrected chi connectivity index (χ4v) is 4.80. The number of methoxy groups -OCH3 is 1. The Balaban J connectivity index is 1.59. The number of anilines is 1. The maximum atomic E-state index is 12.3. The molecule has 1 aliphatic heterocycles. The zero-order chi connectivity index (χ0) is 24.4. The topological polar surface area (TPSA) is 67.6 Å². The van der Waals surface area contributed by atoms with Crippen LogP contribution >= 0.6 is 12.2 Å². The van der Waals surface area contributed by atoms with E-state index in [1.54, 1.807) is 18.3 Å². The molecule has 2 atom stereocenters. The Morgan fingerprint density at radius 3 is 2.54 bits per heavy atom. The summed E-state index contributed by atoms with van der Waals surface area (Å²) in [6.45, 7) is 2.13. The number of nitrogens with one attached hydrogen (secondary N) is 1. The van der Waals surface area contributed by atoms with Crippen molar-refractivity contribution in [2.75, 3.05) is 12.0 Å². The van der Waals surface area contributed by atoms with Gasteiger partial charge >= 0.3 is 5.97 Å². The van der Waals surface area contributed by atoms with E-state index in [1.807, 2.05) is 42.5 Å². The van der Waals surface area contributed by atoms with Crippen molar-refractivity contribution < 1.29 is 13.9 Å². The molecule has 176 valence electrons. The Kier molecular flexibility index (Phi) is 6.33. The minimum Gasteiger partial charge on any atom is -0.465 e. The number of carbonyl (C=O) groups is 1. The molecule has 1 fully saturated rings. The lowest BCUT2D eigenvalue weighted by Crippen LogP contribution is -2.29.